The number of carbonyl (C=O) groups is 2. The van der Waals surface area contributed by atoms with E-state index in [1.807, 2.05) is 13.8 Å². The average molecular weight is 400 g/mol. The van der Waals surface area contributed by atoms with Gasteiger partial charge in [0.1, 0.15) is 0 Å². The molecule has 0 aromatic heterocycles. The lowest BCUT2D eigenvalue weighted by Crippen LogP contribution is -2.29. The van der Waals surface area contributed by atoms with Gasteiger partial charge in [-0.3, -0.25) is 14.1 Å². The first kappa shape index (κ1) is 23.1. The lowest BCUT2D eigenvalue weighted by Gasteiger charge is -2.23. The first-order valence-electron chi connectivity index (χ1n) is 9.13. The van der Waals surface area contributed by atoms with Crippen molar-refractivity contribution in [2.24, 2.45) is 17.6 Å². The van der Waals surface area contributed by atoms with Gasteiger partial charge < -0.3 is 10.5 Å². The highest BCUT2D eigenvalue weighted by molar-refractivity contribution is 7.85. The largest absolute Gasteiger partial charge is 0.465 e. The lowest BCUT2D eigenvalue weighted by molar-refractivity contribution is -0.148. The van der Waals surface area contributed by atoms with Crippen LogP contribution < -0.4 is 5.73 Å². The summed E-state index contributed by atoms with van der Waals surface area (Å²) in [5.41, 5.74) is 6.39. The van der Waals surface area contributed by atoms with Crippen molar-refractivity contribution in [2.75, 3.05) is 6.61 Å². The Morgan fingerprint density at radius 2 is 1.74 bits per heavy atom. The molecular weight excluding hydrogens is 370 g/mol. The second kappa shape index (κ2) is 10.4. The predicted octanol–water partition coefficient (Wildman–Crippen LogP) is 2.90. The van der Waals surface area contributed by atoms with Gasteiger partial charge in [0.25, 0.3) is 10.1 Å². The first-order chi connectivity index (χ1) is 12.6. The van der Waals surface area contributed by atoms with Crippen LogP contribution in [0.3, 0.4) is 0 Å². The van der Waals surface area contributed by atoms with E-state index in [4.69, 9.17) is 15.0 Å². The highest BCUT2D eigenvalue weighted by Gasteiger charge is 2.27. The number of hydrogen-bond donors (Lipinski definition) is 2. The molecule has 0 bridgehead atoms. The number of hydrogen-bond acceptors (Lipinski definition) is 5. The van der Waals surface area contributed by atoms with Crippen LogP contribution in [-0.2, 0) is 24.4 Å². The third-order valence-corrected chi connectivity index (χ3v) is 5.47. The Morgan fingerprint density at radius 1 is 1.15 bits per heavy atom. The van der Waals surface area contributed by atoms with Crippen LogP contribution in [0.5, 0.6) is 0 Å². The minimum atomic E-state index is -4.25. The molecule has 0 aliphatic rings. The Bertz CT molecular complexity index is 729. The van der Waals surface area contributed by atoms with Crippen LogP contribution in [0.1, 0.15) is 57.9 Å². The Labute approximate surface area is 161 Å². The molecule has 0 aliphatic carbocycles. The molecule has 7 nitrogen and oxygen atoms in total. The number of primary amides is 1. The van der Waals surface area contributed by atoms with Crippen molar-refractivity contribution >= 4 is 22.0 Å². The molecular formula is C19H29NO6S. The van der Waals surface area contributed by atoms with Gasteiger partial charge in [0, 0.05) is 5.92 Å². The van der Waals surface area contributed by atoms with Gasteiger partial charge in [-0.1, -0.05) is 32.9 Å². The summed E-state index contributed by atoms with van der Waals surface area (Å²) in [4.78, 5) is 23.7. The molecule has 27 heavy (non-hydrogen) atoms. The number of esters is 1. The number of nitrogens with two attached hydrogens (primary N) is 1. The summed E-state index contributed by atoms with van der Waals surface area (Å²) in [6.45, 7) is 5.93. The Kier molecular flexibility index (Phi) is 8.92. The maximum Gasteiger partial charge on any atom is 0.308 e. The van der Waals surface area contributed by atoms with E-state index in [2.05, 4.69) is 0 Å². The molecule has 0 saturated carbocycles. The number of carbonyl (C=O) groups excluding carboxylic acids is 2. The van der Waals surface area contributed by atoms with Gasteiger partial charge in [-0.25, -0.2) is 0 Å². The van der Waals surface area contributed by atoms with Gasteiger partial charge in [-0.05, 0) is 49.3 Å². The molecule has 1 rings (SSSR count). The normalized spacial score (nSPS) is 15.0. The van der Waals surface area contributed by atoms with Crippen molar-refractivity contribution in [1.29, 1.82) is 0 Å². The van der Waals surface area contributed by atoms with Gasteiger partial charge in [0.2, 0.25) is 5.91 Å². The van der Waals surface area contributed by atoms with Gasteiger partial charge >= 0.3 is 5.97 Å². The fourth-order valence-corrected chi connectivity index (χ4v) is 3.47. The molecule has 0 heterocycles. The van der Waals surface area contributed by atoms with E-state index in [0.29, 0.717) is 25.9 Å². The van der Waals surface area contributed by atoms with Crippen LogP contribution in [0, 0.1) is 11.8 Å². The average Bonchev–Trinajstić information content (AvgIpc) is 2.62. The Balaban J connectivity index is 2.87. The Hall–Kier alpha value is -1.93. The van der Waals surface area contributed by atoms with E-state index in [1.54, 1.807) is 19.1 Å². The van der Waals surface area contributed by atoms with Crippen molar-refractivity contribution in [3.8, 4) is 0 Å². The lowest BCUT2D eigenvalue weighted by atomic mass is 9.82. The number of benzene rings is 1. The third kappa shape index (κ3) is 7.30. The van der Waals surface area contributed by atoms with Crippen LogP contribution in [0.2, 0.25) is 0 Å². The molecule has 0 spiro atoms. The van der Waals surface area contributed by atoms with Crippen molar-refractivity contribution in [3.63, 3.8) is 0 Å². The van der Waals surface area contributed by atoms with E-state index in [-0.39, 0.29) is 16.8 Å². The molecule has 1 aromatic rings. The number of amides is 1. The fraction of sp³-hybridized carbons (Fsp3) is 0.579. The first-order valence-corrected chi connectivity index (χ1v) is 10.6. The van der Waals surface area contributed by atoms with Gasteiger partial charge in [0.15, 0.2) is 0 Å². The molecule has 3 N–H and O–H groups in total. The third-order valence-electron chi connectivity index (χ3n) is 4.60. The van der Waals surface area contributed by atoms with E-state index in [0.717, 1.165) is 12.0 Å². The van der Waals surface area contributed by atoms with Gasteiger partial charge in [-0.2, -0.15) is 8.42 Å². The zero-order valence-electron chi connectivity index (χ0n) is 16.1. The number of ether oxygens (including phenoxy) is 1. The topological polar surface area (TPSA) is 124 Å². The van der Waals surface area contributed by atoms with E-state index < -0.39 is 27.9 Å². The summed E-state index contributed by atoms with van der Waals surface area (Å²) in [6, 6.07) is 5.90. The summed E-state index contributed by atoms with van der Waals surface area (Å²) < 4.78 is 36.5. The summed E-state index contributed by atoms with van der Waals surface area (Å²) in [5.74, 6) is -1.78. The van der Waals surface area contributed by atoms with Crippen LogP contribution in [0.25, 0.3) is 0 Å². The van der Waals surface area contributed by atoms with Crippen LogP contribution in [-0.4, -0.2) is 31.5 Å². The monoisotopic (exact) mass is 399 g/mol. The van der Waals surface area contributed by atoms with Crippen molar-refractivity contribution in [1.82, 2.24) is 0 Å². The van der Waals surface area contributed by atoms with E-state index in [9.17, 15) is 18.0 Å². The van der Waals surface area contributed by atoms with Crippen LogP contribution in [0.15, 0.2) is 29.2 Å². The minimum Gasteiger partial charge on any atom is -0.465 e. The molecule has 3 atom stereocenters. The quantitative estimate of drug-likeness (QED) is 0.435. The standard InChI is InChI=1S/C19H29NO6S/c1-4-10-26-19(22)13(3)11-16(18(20)21)12-14(5-2)15-6-8-17(9-7-15)27(23,24)25/h6-9,13-14,16H,4-5,10-12H2,1-3H3,(H2,20,21)(H,23,24,25). The van der Waals surface area contributed by atoms with E-state index >= 15 is 0 Å². The smallest absolute Gasteiger partial charge is 0.308 e. The molecule has 0 saturated heterocycles. The summed E-state index contributed by atoms with van der Waals surface area (Å²) in [7, 11) is -4.25. The summed E-state index contributed by atoms with van der Waals surface area (Å²) in [6.07, 6.45) is 2.19. The maximum absolute atomic E-state index is 12.0. The van der Waals surface area contributed by atoms with Crippen LogP contribution in [0.4, 0.5) is 0 Å². The zero-order chi connectivity index (χ0) is 20.6. The Morgan fingerprint density at radius 3 is 2.19 bits per heavy atom. The molecule has 1 amide bonds. The number of rotatable bonds is 11. The second-order valence-electron chi connectivity index (χ2n) is 6.79. The molecule has 0 aliphatic heterocycles. The molecule has 0 fully saturated rings. The predicted molar refractivity (Wildman–Crippen MR) is 102 cm³/mol. The molecule has 152 valence electrons. The molecule has 8 heteroatoms. The molecule has 3 unspecified atom stereocenters. The summed E-state index contributed by atoms with van der Waals surface area (Å²) in [5, 5.41) is 0. The van der Waals surface area contributed by atoms with Crippen LogP contribution >= 0.6 is 0 Å². The zero-order valence-corrected chi connectivity index (χ0v) is 16.9. The maximum atomic E-state index is 12.0. The van der Waals surface area contributed by atoms with Crippen molar-refractivity contribution in [3.05, 3.63) is 29.8 Å². The SMILES string of the molecule is CCCOC(=O)C(C)CC(CC(CC)c1ccc(S(=O)(=O)O)cc1)C(N)=O. The van der Waals surface area contributed by atoms with Gasteiger partial charge in [0.05, 0.1) is 17.4 Å². The summed E-state index contributed by atoms with van der Waals surface area (Å²) >= 11 is 0. The van der Waals surface area contributed by atoms with Crippen molar-refractivity contribution in [2.45, 2.75) is 57.3 Å². The highest BCUT2D eigenvalue weighted by atomic mass is 32.2. The highest BCUT2D eigenvalue weighted by Crippen LogP contribution is 2.31. The minimum absolute atomic E-state index is 0.0307. The van der Waals surface area contributed by atoms with Crippen molar-refractivity contribution < 1.29 is 27.3 Å². The molecule has 1 aromatic carbocycles. The second-order valence-corrected chi connectivity index (χ2v) is 8.21. The van der Waals surface area contributed by atoms with E-state index in [1.165, 1.54) is 12.1 Å². The fourth-order valence-electron chi connectivity index (χ4n) is 2.99. The van der Waals surface area contributed by atoms with Gasteiger partial charge in [-0.15, -0.1) is 0 Å². The molecule has 0 radical (unpaired) electrons.